The number of nitrogens with two attached hydrogens (primary N) is 2. The fourth-order valence-electron chi connectivity index (χ4n) is 2.15. The van der Waals surface area contributed by atoms with Gasteiger partial charge in [-0.1, -0.05) is 12.5 Å². The molecule has 0 aromatic rings. The Bertz CT molecular complexity index is 439. The van der Waals surface area contributed by atoms with Gasteiger partial charge in [-0.2, -0.15) is 0 Å². The summed E-state index contributed by atoms with van der Waals surface area (Å²) in [5.41, 5.74) is 11.1. The zero-order valence-electron chi connectivity index (χ0n) is 13.4. The van der Waals surface area contributed by atoms with E-state index in [1.807, 2.05) is 0 Å². The lowest BCUT2D eigenvalue weighted by Gasteiger charge is -2.15. The van der Waals surface area contributed by atoms with Crippen molar-refractivity contribution in [3.63, 3.8) is 0 Å². The molecule has 6 N–H and O–H groups in total. The fourth-order valence-corrected chi connectivity index (χ4v) is 2.15. The average Bonchev–Trinajstić information content (AvgIpc) is 2.92. The van der Waals surface area contributed by atoms with Crippen LogP contribution in [0.3, 0.4) is 0 Å². The number of amides is 3. The zero-order valence-corrected chi connectivity index (χ0v) is 13.4. The fraction of sp³-hybridized carbons (Fsp3) is 0.667. The van der Waals surface area contributed by atoms with Crippen molar-refractivity contribution < 1.29 is 14.4 Å². The number of nitrogens with zero attached hydrogens (tertiary/aromatic N) is 1. The summed E-state index contributed by atoms with van der Waals surface area (Å²) in [4.78, 5) is 36.1. The maximum absolute atomic E-state index is 11.7. The molecule has 23 heavy (non-hydrogen) atoms. The van der Waals surface area contributed by atoms with E-state index < -0.39 is 6.04 Å². The van der Waals surface area contributed by atoms with Gasteiger partial charge in [-0.3, -0.25) is 14.4 Å². The molecular formula is C15H27N5O3. The number of unbranched alkanes of at least 4 members (excludes halogenated alkanes) is 1. The monoisotopic (exact) mass is 325 g/mol. The van der Waals surface area contributed by atoms with Crippen LogP contribution in [-0.2, 0) is 14.4 Å². The van der Waals surface area contributed by atoms with E-state index >= 15 is 0 Å². The van der Waals surface area contributed by atoms with Gasteiger partial charge in [-0.25, -0.2) is 0 Å². The number of hydrogen-bond acceptors (Lipinski definition) is 5. The van der Waals surface area contributed by atoms with E-state index in [0.29, 0.717) is 39.0 Å². The minimum Gasteiger partial charge on any atom is -0.355 e. The van der Waals surface area contributed by atoms with Gasteiger partial charge >= 0.3 is 0 Å². The normalized spacial score (nSPS) is 14.9. The molecule has 0 bridgehead atoms. The summed E-state index contributed by atoms with van der Waals surface area (Å²) in [5.74, 6) is -0.523. The van der Waals surface area contributed by atoms with Crippen molar-refractivity contribution in [2.75, 3.05) is 32.7 Å². The lowest BCUT2D eigenvalue weighted by Crippen LogP contribution is -2.42. The van der Waals surface area contributed by atoms with Crippen molar-refractivity contribution in [2.45, 2.75) is 31.7 Å². The molecule has 1 rings (SSSR count). The molecule has 1 aliphatic rings. The Hall–Kier alpha value is -1.93. The molecule has 0 spiro atoms. The van der Waals surface area contributed by atoms with Gasteiger partial charge in [0.25, 0.3) is 0 Å². The molecule has 8 nitrogen and oxygen atoms in total. The van der Waals surface area contributed by atoms with Crippen LogP contribution in [0.5, 0.6) is 0 Å². The first-order valence-electron chi connectivity index (χ1n) is 8.00. The first kappa shape index (κ1) is 19.1. The van der Waals surface area contributed by atoms with Crippen LogP contribution in [0.2, 0.25) is 0 Å². The van der Waals surface area contributed by atoms with Crippen LogP contribution in [0.25, 0.3) is 0 Å². The molecule has 130 valence electrons. The number of nitrogens with one attached hydrogen (secondary N) is 2. The minimum absolute atomic E-state index is 0.0597. The van der Waals surface area contributed by atoms with Gasteiger partial charge in [0.05, 0.1) is 6.04 Å². The Labute approximate surface area is 136 Å². The van der Waals surface area contributed by atoms with Crippen LogP contribution in [0.1, 0.15) is 25.7 Å². The highest BCUT2D eigenvalue weighted by Gasteiger charge is 2.17. The predicted octanol–water partition coefficient (Wildman–Crippen LogP) is -1.54. The van der Waals surface area contributed by atoms with Crippen molar-refractivity contribution in [1.82, 2.24) is 15.5 Å². The van der Waals surface area contributed by atoms with Crippen LogP contribution in [0, 0.1) is 0 Å². The summed E-state index contributed by atoms with van der Waals surface area (Å²) in [6.07, 6.45) is 6.12. The average molecular weight is 325 g/mol. The molecule has 3 amide bonds. The summed E-state index contributed by atoms with van der Waals surface area (Å²) in [5, 5.41) is 5.46. The van der Waals surface area contributed by atoms with Gasteiger partial charge in [0.2, 0.25) is 17.7 Å². The smallest absolute Gasteiger partial charge is 0.247 e. The maximum atomic E-state index is 11.7. The van der Waals surface area contributed by atoms with Crippen molar-refractivity contribution >= 4 is 17.7 Å². The van der Waals surface area contributed by atoms with Crippen LogP contribution < -0.4 is 22.1 Å². The summed E-state index contributed by atoms with van der Waals surface area (Å²) < 4.78 is 0. The number of carbonyl (C=O) groups excluding carboxylic acids is 3. The first-order valence-corrected chi connectivity index (χ1v) is 8.00. The third-order valence-electron chi connectivity index (χ3n) is 3.51. The zero-order chi connectivity index (χ0) is 17.1. The molecule has 1 aliphatic heterocycles. The molecule has 0 fully saturated rings. The number of hydrogen-bond donors (Lipinski definition) is 4. The quantitative estimate of drug-likeness (QED) is 0.342. The Balaban J connectivity index is 2.02. The van der Waals surface area contributed by atoms with Gasteiger partial charge in [-0.05, 0) is 25.8 Å². The summed E-state index contributed by atoms with van der Waals surface area (Å²) in [7, 11) is 0. The lowest BCUT2D eigenvalue weighted by molar-refractivity contribution is -0.131. The molecule has 0 aromatic heterocycles. The largest absolute Gasteiger partial charge is 0.355 e. The van der Waals surface area contributed by atoms with Gasteiger partial charge in [-0.15, -0.1) is 0 Å². The van der Waals surface area contributed by atoms with Gasteiger partial charge in [0, 0.05) is 25.7 Å². The highest BCUT2D eigenvalue weighted by Crippen LogP contribution is 2.00. The Kier molecular flexibility index (Phi) is 8.93. The molecule has 1 unspecified atom stereocenters. The van der Waals surface area contributed by atoms with E-state index in [2.05, 4.69) is 10.6 Å². The molecule has 1 atom stereocenters. The van der Waals surface area contributed by atoms with E-state index in [1.54, 1.807) is 6.08 Å². The third-order valence-corrected chi connectivity index (χ3v) is 3.51. The molecule has 1 heterocycles. The van der Waals surface area contributed by atoms with E-state index in [0.717, 1.165) is 12.8 Å². The van der Waals surface area contributed by atoms with Gasteiger partial charge < -0.3 is 27.0 Å². The van der Waals surface area contributed by atoms with Crippen LogP contribution in [0.4, 0.5) is 0 Å². The Morgan fingerprint density at radius 2 is 1.96 bits per heavy atom. The van der Waals surface area contributed by atoms with E-state index in [-0.39, 0.29) is 24.3 Å². The second kappa shape index (κ2) is 10.7. The Morgan fingerprint density at radius 3 is 2.61 bits per heavy atom. The topological polar surface area (TPSA) is 131 Å². The predicted molar refractivity (Wildman–Crippen MR) is 87.2 cm³/mol. The summed E-state index contributed by atoms with van der Waals surface area (Å²) in [6, 6.07) is -0.509. The lowest BCUT2D eigenvalue weighted by atomic mass is 10.1. The molecule has 0 radical (unpaired) electrons. The first-order chi connectivity index (χ1) is 11.0. The third kappa shape index (κ3) is 7.75. The molecular weight excluding hydrogens is 298 g/mol. The maximum Gasteiger partial charge on any atom is 0.247 e. The number of carbonyl (C=O) groups is 3. The summed E-state index contributed by atoms with van der Waals surface area (Å²) >= 11 is 0. The molecule has 0 saturated heterocycles. The number of rotatable bonds is 11. The summed E-state index contributed by atoms with van der Waals surface area (Å²) in [6.45, 7) is 2.03. The minimum atomic E-state index is -0.509. The van der Waals surface area contributed by atoms with Crippen molar-refractivity contribution in [3.05, 3.63) is 12.2 Å². The SMILES string of the molecule is NCCCCC(N)C(=O)NCCCNC(=O)CN1CC=CC1=O. The van der Waals surface area contributed by atoms with Crippen LogP contribution in [-0.4, -0.2) is 61.4 Å². The van der Waals surface area contributed by atoms with Crippen molar-refractivity contribution in [3.8, 4) is 0 Å². The van der Waals surface area contributed by atoms with Crippen LogP contribution >= 0.6 is 0 Å². The highest BCUT2D eigenvalue weighted by molar-refractivity contribution is 5.93. The second-order valence-electron chi connectivity index (χ2n) is 5.51. The highest BCUT2D eigenvalue weighted by atomic mass is 16.2. The van der Waals surface area contributed by atoms with Crippen molar-refractivity contribution in [2.24, 2.45) is 11.5 Å². The van der Waals surface area contributed by atoms with Gasteiger partial charge in [0.15, 0.2) is 0 Å². The van der Waals surface area contributed by atoms with E-state index in [4.69, 9.17) is 11.5 Å². The Morgan fingerprint density at radius 1 is 1.22 bits per heavy atom. The second-order valence-corrected chi connectivity index (χ2v) is 5.51. The molecule has 0 aromatic carbocycles. The van der Waals surface area contributed by atoms with E-state index in [9.17, 15) is 14.4 Å². The van der Waals surface area contributed by atoms with Crippen LogP contribution in [0.15, 0.2) is 12.2 Å². The van der Waals surface area contributed by atoms with Crippen molar-refractivity contribution in [1.29, 1.82) is 0 Å². The van der Waals surface area contributed by atoms with Gasteiger partial charge in [0.1, 0.15) is 6.54 Å². The molecule has 0 saturated carbocycles. The standard InChI is InChI=1S/C15H27N5O3/c16-7-2-1-5-12(17)15(23)19-9-4-8-18-13(21)11-20-10-3-6-14(20)22/h3,6,12H,1-2,4-5,7-11,16-17H2,(H,18,21)(H,19,23). The molecule has 0 aliphatic carbocycles. The van der Waals surface area contributed by atoms with E-state index in [1.165, 1.54) is 11.0 Å². The molecule has 8 heteroatoms.